The number of amides is 1. The summed E-state index contributed by atoms with van der Waals surface area (Å²) in [5.74, 6) is -2.23. The summed E-state index contributed by atoms with van der Waals surface area (Å²) >= 11 is 3.37. The molecule has 2 rings (SSSR count). The lowest BCUT2D eigenvalue weighted by atomic mass is 9.82. The zero-order chi connectivity index (χ0) is 15.4. The zero-order valence-electron chi connectivity index (χ0n) is 11.8. The van der Waals surface area contributed by atoms with Crippen LogP contribution in [-0.2, 0) is 9.59 Å². The van der Waals surface area contributed by atoms with E-state index in [0.717, 1.165) is 10.0 Å². The molecule has 1 aromatic carbocycles. The number of halogens is 1. The molecule has 2 unspecified atom stereocenters. The minimum Gasteiger partial charge on any atom is -0.481 e. The summed E-state index contributed by atoms with van der Waals surface area (Å²) < 4.78 is 0.980. The van der Waals surface area contributed by atoms with E-state index in [9.17, 15) is 14.7 Å². The molecule has 0 aliphatic heterocycles. The van der Waals surface area contributed by atoms with E-state index in [1.807, 2.05) is 43.3 Å². The van der Waals surface area contributed by atoms with Crippen LogP contribution in [-0.4, -0.2) is 17.0 Å². The van der Waals surface area contributed by atoms with Crippen molar-refractivity contribution in [1.29, 1.82) is 0 Å². The number of nitrogens with one attached hydrogen (secondary N) is 1. The van der Waals surface area contributed by atoms with Crippen molar-refractivity contribution < 1.29 is 14.7 Å². The number of carboxylic acid groups (broad SMARTS) is 1. The van der Waals surface area contributed by atoms with E-state index in [-0.39, 0.29) is 11.9 Å². The smallest absolute Gasteiger partial charge is 0.307 e. The lowest BCUT2D eigenvalue weighted by Crippen LogP contribution is -2.39. The summed E-state index contributed by atoms with van der Waals surface area (Å²) in [5.41, 5.74) is 0.991. The van der Waals surface area contributed by atoms with Gasteiger partial charge in [0, 0.05) is 4.47 Å². The molecule has 5 heteroatoms. The van der Waals surface area contributed by atoms with Crippen molar-refractivity contribution in [3.63, 3.8) is 0 Å². The Labute approximate surface area is 132 Å². The van der Waals surface area contributed by atoms with Crippen LogP contribution in [0.2, 0.25) is 0 Å². The first-order valence-corrected chi connectivity index (χ1v) is 7.72. The van der Waals surface area contributed by atoms with Crippen molar-refractivity contribution in [3.8, 4) is 0 Å². The summed E-state index contributed by atoms with van der Waals surface area (Å²) in [6, 6.07) is 7.56. The highest BCUT2D eigenvalue weighted by atomic mass is 79.9. The predicted molar refractivity (Wildman–Crippen MR) is 83.7 cm³/mol. The van der Waals surface area contributed by atoms with E-state index in [4.69, 9.17) is 0 Å². The van der Waals surface area contributed by atoms with E-state index < -0.39 is 17.8 Å². The summed E-state index contributed by atoms with van der Waals surface area (Å²) in [5, 5.41) is 12.1. The molecule has 0 bridgehead atoms. The number of allylic oxidation sites excluding steroid dienone is 2. The fraction of sp³-hybridized carbons (Fsp3) is 0.375. The first-order chi connectivity index (χ1) is 9.99. The SMILES string of the molecule is C[C@H](NC(=O)C1CC=CCC1C(=O)O)c1ccc(Br)cc1. The van der Waals surface area contributed by atoms with E-state index in [0.29, 0.717) is 12.8 Å². The largest absolute Gasteiger partial charge is 0.481 e. The van der Waals surface area contributed by atoms with Gasteiger partial charge in [-0.2, -0.15) is 0 Å². The first kappa shape index (κ1) is 15.8. The van der Waals surface area contributed by atoms with Crippen LogP contribution in [0.15, 0.2) is 40.9 Å². The lowest BCUT2D eigenvalue weighted by molar-refractivity contribution is -0.147. The molecule has 112 valence electrons. The van der Waals surface area contributed by atoms with E-state index in [2.05, 4.69) is 21.2 Å². The normalized spacial score (nSPS) is 22.6. The number of hydrogen-bond acceptors (Lipinski definition) is 2. The quantitative estimate of drug-likeness (QED) is 0.818. The second kappa shape index (κ2) is 6.89. The summed E-state index contributed by atoms with van der Waals surface area (Å²) in [7, 11) is 0. The predicted octanol–water partition coefficient (Wildman–Crippen LogP) is 3.29. The fourth-order valence-electron chi connectivity index (χ4n) is 2.53. The fourth-order valence-corrected chi connectivity index (χ4v) is 2.80. The summed E-state index contributed by atoms with van der Waals surface area (Å²) in [6.07, 6.45) is 4.62. The topological polar surface area (TPSA) is 66.4 Å². The van der Waals surface area contributed by atoms with Gasteiger partial charge in [0.1, 0.15) is 0 Å². The van der Waals surface area contributed by atoms with Gasteiger partial charge >= 0.3 is 5.97 Å². The molecule has 0 aromatic heterocycles. The van der Waals surface area contributed by atoms with E-state index in [1.54, 1.807) is 0 Å². The third-order valence-electron chi connectivity index (χ3n) is 3.82. The Morgan fingerprint density at radius 3 is 2.33 bits per heavy atom. The van der Waals surface area contributed by atoms with Crippen LogP contribution in [0.5, 0.6) is 0 Å². The van der Waals surface area contributed by atoms with Crippen LogP contribution in [0.25, 0.3) is 0 Å². The number of carbonyl (C=O) groups is 2. The molecule has 3 atom stereocenters. The van der Waals surface area contributed by atoms with Crippen LogP contribution < -0.4 is 5.32 Å². The monoisotopic (exact) mass is 351 g/mol. The highest BCUT2D eigenvalue weighted by Crippen LogP contribution is 2.27. The van der Waals surface area contributed by atoms with Crippen LogP contribution in [0.4, 0.5) is 0 Å². The molecular formula is C16H18BrNO3. The van der Waals surface area contributed by atoms with Crippen LogP contribution in [0, 0.1) is 11.8 Å². The van der Waals surface area contributed by atoms with Crippen molar-refractivity contribution in [1.82, 2.24) is 5.32 Å². The van der Waals surface area contributed by atoms with Crippen molar-refractivity contribution in [2.75, 3.05) is 0 Å². The van der Waals surface area contributed by atoms with Crippen LogP contribution in [0.1, 0.15) is 31.4 Å². The van der Waals surface area contributed by atoms with Gasteiger partial charge in [-0.25, -0.2) is 0 Å². The lowest BCUT2D eigenvalue weighted by Gasteiger charge is -2.26. The van der Waals surface area contributed by atoms with Crippen molar-refractivity contribution in [2.24, 2.45) is 11.8 Å². The molecule has 0 heterocycles. The Kier molecular flexibility index (Phi) is 5.17. The molecule has 4 nitrogen and oxygen atoms in total. The minimum absolute atomic E-state index is 0.147. The first-order valence-electron chi connectivity index (χ1n) is 6.92. The van der Waals surface area contributed by atoms with Gasteiger partial charge in [-0.05, 0) is 37.5 Å². The number of aliphatic carboxylic acids is 1. The number of carbonyl (C=O) groups excluding carboxylic acids is 1. The van der Waals surface area contributed by atoms with Gasteiger partial charge in [-0.3, -0.25) is 9.59 Å². The van der Waals surface area contributed by atoms with Gasteiger partial charge in [-0.15, -0.1) is 0 Å². The molecule has 0 radical (unpaired) electrons. The Morgan fingerprint density at radius 2 is 1.76 bits per heavy atom. The van der Waals surface area contributed by atoms with Crippen molar-refractivity contribution in [2.45, 2.75) is 25.8 Å². The molecule has 0 spiro atoms. The third-order valence-corrected chi connectivity index (χ3v) is 4.34. The highest BCUT2D eigenvalue weighted by Gasteiger charge is 2.34. The average molecular weight is 352 g/mol. The number of carboxylic acids is 1. The minimum atomic E-state index is -0.907. The Bertz CT molecular complexity index is 553. The second-order valence-corrected chi connectivity index (χ2v) is 6.19. The summed E-state index contributed by atoms with van der Waals surface area (Å²) in [6.45, 7) is 1.90. The molecule has 0 saturated carbocycles. The average Bonchev–Trinajstić information content (AvgIpc) is 2.47. The van der Waals surface area contributed by atoms with Gasteiger partial charge in [0.2, 0.25) is 5.91 Å². The van der Waals surface area contributed by atoms with Crippen molar-refractivity contribution >= 4 is 27.8 Å². The van der Waals surface area contributed by atoms with E-state index >= 15 is 0 Å². The van der Waals surface area contributed by atoms with Gasteiger partial charge < -0.3 is 10.4 Å². The van der Waals surface area contributed by atoms with Gasteiger partial charge in [-0.1, -0.05) is 40.2 Å². The van der Waals surface area contributed by atoms with Crippen molar-refractivity contribution in [3.05, 3.63) is 46.5 Å². The summed E-state index contributed by atoms with van der Waals surface area (Å²) in [4.78, 5) is 23.6. The maximum absolute atomic E-state index is 12.3. The Morgan fingerprint density at radius 1 is 1.19 bits per heavy atom. The molecule has 21 heavy (non-hydrogen) atoms. The highest BCUT2D eigenvalue weighted by molar-refractivity contribution is 9.10. The molecule has 1 aliphatic carbocycles. The molecule has 1 amide bonds. The molecule has 2 N–H and O–H groups in total. The Hall–Kier alpha value is -1.62. The molecule has 1 aliphatic rings. The van der Waals surface area contributed by atoms with Crippen LogP contribution >= 0.6 is 15.9 Å². The molecule has 1 aromatic rings. The Balaban J connectivity index is 2.04. The van der Waals surface area contributed by atoms with Gasteiger partial charge in [0.15, 0.2) is 0 Å². The number of hydrogen-bond donors (Lipinski definition) is 2. The zero-order valence-corrected chi connectivity index (χ0v) is 13.3. The maximum Gasteiger partial charge on any atom is 0.307 e. The molecule has 0 fully saturated rings. The second-order valence-electron chi connectivity index (χ2n) is 5.28. The third kappa shape index (κ3) is 3.94. The van der Waals surface area contributed by atoms with Gasteiger partial charge in [0.05, 0.1) is 17.9 Å². The maximum atomic E-state index is 12.3. The number of benzene rings is 1. The van der Waals surface area contributed by atoms with Crippen LogP contribution in [0.3, 0.4) is 0 Å². The standard InChI is InChI=1S/C16H18BrNO3/c1-10(11-6-8-12(17)9-7-11)18-15(19)13-4-2-3-5-14(13)16(20)21/h2-3,6-10,13-14H,4-5H2,1H3,(H,18,19)(H,20,21)/t10-,13?,14?/m0/s1. The number of rotatable bonds is 4. The van der Waals surface area contributed by atoms with E-state index in [1.165, 1.54) is 0 Å². The molecular weight excluding hydrogens is 334 g/mol. The molecule has 0 saturated heterocycles. The van der Waals surface area contributed by atoms with Gasteiger partial charge in [0.25, 0.3) is 0 Å².